The highest BCUT2D eigenvalue weighted by Crippen LogP contribution is 2.36. The number of sulfone groups is 1. The lowest BCUT2D eigenvalue weighted by Gasteiger charge is -2.27. The van der Waals surface area contributed by atoms with Crippen molar-refractivity contribution in [3.05, 3.63) is 38.2 Å². The number of hydrogen-bond donors (Lipinski definition) is 1. The number of nitrogens with zero attached hydrogens (tertiary/aromatic N) is 2. The Kier molecular flexibility index (Phi) is 6.73. The van der Waals surface area contributed by atoms with Crippen molar-refractivity contribution >= 4 is 55.4 Å². The summed E-state index contributed by atoms with van der Waals surface area (Å²) >= 11 is 13.3. The van der Waals surface area contributed by atoms with Gasteiger partial charge >= 0.3 is 0 Å². The molecule has 1 N–H and O–H groups in total. The highest BCUT2D eigenvalue weighted by molar-refractivity contribution is 7.92. The minimum atomic E-state index is -3.64. The molecule has 8 nitrogen and oxygen atoms in total. The lowest BCUT2D eigenvalue weighted by molar-refractivity contribution is -0.120. The van der Waals surface area contributed by atoms with Crippen LogP contribution in [-0.2, 0) is 19.4 Å². The molecule has 1 aliphatic carbocycles. The second-order valence-electron chi connectivity index (χ2n) is 7.74. The normalized spacial score (nSPS) is 18.6. The van der Waals surface area contributed by atoms with Crippen molar-refractivity contribution in [1.29, 1.82) is 0 Å². The second-order valence-corrected chi connectivity index (χ2v) is 12.0. The van der Waals surface area contributed by atoms with Crippen LogP contribution in [0.2, 0.25) is 9.36 Å². The first-order chi connectivity index (χ1) is 14.8. The largest absolute Gasteiger partial charge is 0.381 e. The SMILES string of the molecule is O=C(Nc1ncc(Cl)s1)[C@H](CC1CCOCC1)n1cc(Cl)c(S(=O)(=O)C2CC2)cc1=O. The van der Waals surface area contributed by atoms with E-state index in [0.717, 1.165) is 30.2 Å². The number of thiazole rings is 1. The van der Waals surface area contributed by atoms with Gasteiger partial charge in [0.25, 0.3) is 5.56 Å². The third-order valence-corrected chi connectivity index (χ3v) is 9.25. The summed E-state index contributed by atoms with van der Waals surface area (Å²) in [4.78, 5) is 29.9. The van der Waals surface area contributed by atoms with Crippen molar-refractivity contribution in [2.75, 3.05) is 18.5 Å². The van der Waals surface area contributed by atoms with E-state index < -0.39 is 32.6 Å². The summed E-state index contributed by atoms with van der Waals surface area (Å²) in [5.41, 5.74) is -0.590. The zero-order chi connectivity index (χ0) is 22.2. The van der Waals surface area contributed by atoms with Gasteiger partial charge in [-0.05, 0) is 38.0 Å². The van der Waals surface area contributed by atoms with Gasteiger partial charge in [0.05, 0.1) is 21.4 Å². The summed E-state index contributed by atoms with van der Waals surface area (Å²) in [6, 6.07) is 0.147. The minimum absolute atomic E-state index is 0.0615. The van der Waals surface area contributed by atoms with Crippen LogP contribution in [0.1, 0.15) is 38.1 Å². The summed E-state index contributed by atoms with van der Waals surface area (Å²) in [5, 5.41) is 2.47. The number of nitrogens with one attached hydrogen (secondary N) is 1. The maximum Gasteiger partial charge on any atom is 0.252 e. The number of rotatable bonds is 7. The van der Waals surface area contributed by atoms with Crippen molar-refractivity contribution in [1.82, 2.24) is 9.55 Å². The summed E-state index contributed by atoms with van der Waals surface area (Å²) in [6.45, 7) is 1.19. The summed E-state index contributed by atoms with van der Waals surface area (Å²) < 4.78 is 32.2. The van der Waals surface area contributed by atoms with Crippen LogP contribution in [0.3, 0.4) is 0 Å². The molecule has 2 aromatic heterocycles. The zero-order valence-electron chi connectivity index (χ0n) is 16.4. The van der Waals surface area contributed by atoms with E-state index in [2.05, 4.69) is 10.3 Å². The van der Waals surface area contributed by atoms with Gasteiger partial charge in [0.15, 0.2) is 15.0 Å². The Balaban J connectivity index is 1.67. The van der Waals surface area contributed by atoms with E-state index in [4.69, 9.17) is 27.9 Å². The van der Waals surface area contributed by atoms with E-state index in [0.29, 0.717) is 41.9 Å². The molecule has 3 heterocycles. The second kappa shape index (κ2) is 9.19. The molecule has 0 unspecified atom stereocenters. The van der Waals surface area contributed by atoms with E-state index in [9.17, 15) is 18.0 Å². The molecule has 1 aliphatic heterocycles. The quantitative estimate of drug-likeness (QED) is 0.616. The van der Waals surface area contributed by atoms with Crippen LogP contribution in [0, 0.1) is 5.92 Å². The number of carbonyl (C=O) groups excluding carboxylic acids is 1. The lowest BCUT2D eigenvalue weighted by Crippen LogP contribution is -2.35. The van der Waals surface area contributed by atoms with Crippen LogP contribution in [0.15, 0.2) is 28.2 Å². The zero-order valence-corrected chi connectivity index (χ0v) is 19.6. The number of amides is 1. The maximum atomic E-state index is 13.1. The van der Waals surface area contributed by atoms with Gasteiger partial charge in [-0.15, -0.1) is 0 Å². The number of carbonyl (C=O) groups is 1. The first-order valence-corrected chi connectivity index (χ1v) is 13.0. The molecule has 0 spiro atoms. The standard InChI is InChI=1S/C19H21Cl2N3O5S2/c20-13-10-24(17(25)8-15(13)31(27,28)12-1-2-12)14(7-11-3-5-29-6-4-11)18(26)23-19-22-9-16(21)30-19/h8-12,14H,1-7H2,(H,22,23,26)/t14-/m0/s1. The van der Waals surface area contributed by atoms with Crippen molar-refractivity contribution in [2.24, 2.45) is 5.92 Å². The Morgan fingerprint density at radius 2 is 2.00 bits per heavy atom. The average Bonchev–Trinajstić information content (AvgIpc) is 3.52. The van der Waals surface area contributed by atoms with E-state index in [-0.39, 0.29) is 15.8 Å². The number of pyridine rings is 1. The fourth-order valence-electron chi connectivity index (χ4n) is 3.67. The van der Waals surface area contributed by atoms with Crippen LogP contribution < -0.4 is 10.9 Å². The number of aromatic nitrogens is 2. The van der Waals surface area contributed by atoms with E-state index in [1.54, 1.807) is 0 Å². The summed E-state index contributed by atoms with van der Waals surface area (Å²) in [5.74, 6) is -0.265. The Bertz CT molecular complexity index is 1140. The van der Waals surface area contributed by atoms with Gasteiger partial charge in [-0.3, -0.25) is 9.59 Å². The van der Waals surface area contributed by atoms with E-state index >= 15 is 0 Å². The van der Waals surface area contributed by atoms with Crippen LogP contribution >= 0.6 is 34.5 Å². The molecule has 2 aliphatic rings. The molecule has 2 fully saturated rings. The monoisotopic (exact) mass is 505 g/mol. The predicted molar refractivity (Wildman–Crippen MR) is 119 cm³/mol. The Morgan fingerprint density at radius 1 is 1.29 bits per heavy atom. The van der Waals surface area contributed by atoms with Crippen molar-refractivity contribution in [3.63, 3.8) is 0 Å². The van der Waals surface area contributed by atoms with Gasteiger partial charge in [0, 0.05) is 25.5 Å². The van der Waals surface area contributed by atoms with Crippen LogP contribution in [0.25, 0.3) is 0 Å². The molecule has 168 valence electrons. The highest BCUT2D eigenvalue weighted by atomic mass is 35.5. The smallest absolute Gasteiger partial charge is 0.252 e. The predicted octanol–water partition coefficient (Wildman–Crippen LogP) is 3.54. The molecule has 1 amide bonds. The first kappa shape index (κ1) is 22.7. The molecule has 0 radical (unpaired) electrons. The fraction of sp³-hybridized carbons (Fsp3) is 0.526. The number of halogens is 2. The molecule has 31 heavy (non-hydrogen) atoms. The molecule has 2 aromatic rings. The van der Waals surface area contributed by atoms with Gasteiger partial charge in [0.1, 0.15) is 10.4 Å². The van der Waals surface area contributed by atoms with Crippen LogP contribution in [0.4, 0.5) is 5.13 Å². The minimum Gasteiger partial charge on any atom is -0.381 e. The lowest BCUT2D eigenvalue weighted by atomic mass is 9.92. The molecule has 0 aromatic carbocycles. The van der Waals surface area contributed by atoms with Crippen LogP contribution in [-0.4, -0.2) is 42.3 Å². The first-order valence-electron chi connectivity index (χ1n) is 9.91. The van der Waals surface area contributed by atoms with Gasteiger partial charge in [-0.25, -0.2) is 13.4 Å². The molecular formula is C19H21Cl2N3O5S2. The van der Waals surface area contributed by atoms with Gasteiger partial charge in [0.2, 0.25) is 5.91 Å². The van der Waals surface area contributed by atoms with Crippen molar-refractivity contribution in [3.8, 4) is 0 Å². The summed E-state index contributed by atoms with van der Waals surface area (Å²) in [6.07, 6.45) is 5.74. The number of ether oxygens (including phenoxy) is 1. The third-order valence-electron chi connectivity index (χ3n) is 5.51. The molecule has 1 atom stereocenters. The highest BCUT2D eigenvalue weighted by Gasteiger charge is 2.39. The average molecular weight is 506 g/mol. The molecule has 4 rings (SSSR count). The molecule has 0 bridgehead atoms. The third kappa shape index (κ3) is 5.14. The Morgan fingerprint density at radius 3 is 2.61 bits per heavy atom. The topological polar surface area (TPSA) is 107 Å². The fourth-order valence-corrected chi connectivity index (χ4v) is 6.67. The molecule has 12 heteroatoms. The van der Waals surface area contributed by atoms with Gasteiger partial charge < -0.3 is 14.6 Å². The summed E-state index contributed by atoms with van der Waals surface area (Å²) in [7, 11) is -3.64. The Labute approximate surface area is 193 Å². The van der Waals surface area contributed by atoms with Crippen molar-refractivity contribution in [2.45, 2.75) is 48.3 Å². The number of hydrogen-bond acceptors (Lipinski definition) is 7. The number of anilines is 1. The molecular weight excluding hydrogens is 485 g/mol. The van der Waals surface area contributed by atoms with E-state index in [1.807, 2.05) is 0 Å². The molecule has 1 saturated carbocycles. The maximum absolute atomic E-state index is 13.1. The van der Waals surface area contributed by atoms with Crippen molar-refractivity contribution < 1.29 is 17.9 Å². The Hall–Kier alpha value is -1.46. The van der Waals surface area contributed by atoms with E-state index in [1.165, 1.54) is 17.0 Å². The van der Waals surface area contributed by atoms with Gasteiger partial charge in [-0.1, -0.05) is 34.5 Å². The van der Waals surface area contributed by atoms with Gasteiger partial charge in [-0.2, -0.15) is 0 Å². The molecule has 1 saturated heterocycles. The van der Waals surface area contributed by atoms with Crippen LogP contribution in [0.5, 0.6) is 0 Å².